The van der Waals surface area contributed by atoms with Crippen molar-refractivity contribution in [3.63, 3.8) is 0 Å². The summed E-state index contributed by atoms with van der Waals surface area (Å²) in [6.45, 7) is 4.35. The van der Waals surface area contributed by atoms with Crippen molar-refractivity contribution in [1.29, 1.82) is 5.41 Å². The molecule has 0 radical (unpaired) electrons. The molecule has 0 fully saturated rings. The number of nitro benzene ring substituents is 1. The second-order valence-electron chi connectivity index (χ2n) is 7.66. The van der Waals surface area contributed by atoms with E-state index in [4.69, 9.17) is 10.1 Å². The van der Waals surface area contributed by atoms with Crippen LogP contribution in [0.5, 0.6) is 0 Å². The summed E-state index contributed by atoms with van der Waals surface area (Å²) in [5.41, 5.74) is 2.35. The van der Waals surface area contributed by atoms with E-state index >= 15 is 0 Å². The van der Waals surface area contributed by atoms with Crippen LogP contribution < -0.4 is 10.6 Å². The molecule has 0 spiro atoms. The summed E-state index contributed by atoms with van der Waals surface area (Å²) in [6.07, 6.45) is 0. The standard InChI is InChI=1S/C24H25N5O5/c1-15-12-18-8-4-6-10-20(18)28(15)13-23(31)34-14-22(30)27-24(16(2)25)17(3)26-19-9-5-7-11-21(19)29(32)33/h4-12,25-26H,13-14H2,1-3H3,(H,27,30)/b24-17+,25-16?. The van der Waals surface area contributed by atoms with Gasteiger partial charge in [0.2, 0.25) is 0 Å². The van der Waals surface area contributed by atoms with Crippen LogP contribution in [-0.4, -0.2) is 33.7 Å². The number of amides is 1. The Morgan fingerprint density at radius 3 is 2.50 bits per heavy atom. The van der Waals surface area contributed by atoms with Crippen molar-refractivity contribution in [3.8, 4) is 0 Å². The predicted octanol–water partition coefficient (Wildman–Crippen LogP) is 3.90. The van der Waals surface area contributed by atoms with Gasteiger partial charge in [-0.3, -0.25) is 19.7 Å². The molecule has 0 atom stereocenters. The molecule has 0 aliphatic rings. The van der Waals surface area contributed by atoms with E-state index in [0.29, 0.717) is 5.70 Å². The van der Waals surface area contributed by atoms with E-state index in [-0.39, 0.29) is 29.3 Å². The number of carbonyl (C=O) groups is 2. The fourth-order valence-corrected chi connectivity index (χ4v) is 3.53. The third kappa shape index (κ3) is 5.66. The molecule has 34 heavy (non-hydrogen) atoms. The first kappa shape index (κ1) is 24.2. The number of hydrogen-bond donors (Lipinski definition) is 3. The van der Waals surface area contributed by atoms with Crippen molar-refractivity contribution in [2.24, 2.45) is 0 Å². The Labute approximate surface area is 195 Å². The maximum atomic E-state index is 12.4. The number of carbonyl (C=O) groups excluding carboxylic acids is 2. The average Bonchev–Trinajstić information content (AvgIpc) is 3.11. The van der Waals surface area contributed by atoms with Gasteiger partial charge in [0.15, 0.2) is 6.61 Å². The highest BCUT2D eigenvalue weighted by Gasteiger charge is 2.17. The third-order valence-corrected chi connectivity index (χ3v) is 5.11. The van der Waals surface area contributed by atoms with E-state index < -0.39 is 23.4 Å². The largest absolute Gasteiger partial charge is 0.454 e. The normalized spacial score (nSPS) is 11.5. The van der Waals surface area contributed by atoms with Crippen LogP contribution in [0.3, 0.4) is 0 Å². The van der Waals surface area contributed by atoms with Crippen LogP contribution in [0.2, 0.25) is 0 Å². The summed E-state index contributed by atoms with van der Waals surface area (Å²) in [5, 5.41) is 25.6. The summed E-state index contributed by atoms with van der Waals surface area (Å²) < 4.78 is 6.94. The zero-order valence-corrected chi connectivity index (χ0v) is 19.0. The van der Waals surface area contributed by atoms with E-state index in [2.05, 4.69) is 10.6 Å². The number of esters is 1. The maximum Gasteiger partial charge on any atom is 0.326 e. The number of nitrogens with one attached hydrogen (secondary N) is 3. The summed E-state index contributed by atoms with van der Waals surface area (Å²) in [5.74, 6) is -1.21. The molecule has 0 saturated carbocycles. The Kier molecular flexibility index (Phi) is 7.42. The molecule has 3 aromatic rings. The number of aromatic nitrogens is 1. The lowest BCUT2D eigenvalue weighted by Gasteiger charge is -2.15. The molecule has 3 rings (SSSR count). The van der Waals surface area contributed by atoms with Crippen molar-refractivity contribution in [2.45, 2.75) is 27.3 Å². The van der Waals surface area contributed by atoms with Crippen LogP contribution in [0.15, 0.2) is 66.0 Å². The van der Waals surface area contributed by atoms with Gasteiger partial charge in [-0.25, -0.2) is 0 Å². The van der Waals surface area contributed by atoms with Crippen molar-refractivity contribution >= 4 is 39.9 Å². The summed E-state index contributed by atoms with van der Waals surface area (Å²) in [4.78, 5) is 35.5. The van der Waals surface area contributed by atoms with Crippen LogP contribution in [0.4, 0.5) is 11.4 Å². The van der Waals surface area contributed by atoms with Gasteiger partial charge >= 0.3 is 5.97 Å². The number of anilines is 1. The van der Waals surface area contributed by atoms with E-state index in [1.165, 1.54) is 19.1 Å². The van der Waals surface area contributed by atoms with Gasteiger partial charge in [-0.05, 0) is 44.4 Å². The van der Waals surface area contributed by atoms with Crippen LogP contribution in [0, 0.1) is 22.4 Å². The van der Waals surface area contributed by atoms with Crippen LogP contribution >= 0.6 is 0 Å². The van der Waals surface area contributed by atoms with Crippen molar-refractivity contribution in [3.05, 3.63) is 81.8 Å². The highest BCUT2D eigenvalue weighted by molar-refractivity contribution is 6.00. The zero-order valence-electron chi connectivity index (χ0n) is 19.0. The number of allylic oxidation sites excluding steroid dienone is 2. The molecule has 0 bridgehead atoms. The van der Waals surface area contributed by atoms with E-state index in [9.17, 15) is 19.7 Å². The molecular weight excluding hydrogens is 438 g/mol. The van der Waals surface area contributed by atoms with Gasteiger partial charge in [0.1, 0.15) is 12.2 Å². The highest BCUT2D eigenvalue weighted by atomic mass is 16.6. The molecule has 10 nitrogen and oxygen atoms in total. The Hall–Kier alpha value is -4.47. The Bertz CT molecular complexity index is 1310. The summed E-state index contributed by atoms with van der Waals surface area (Å²) >= 11 is 0. The second kappa shape index (κ2) is 10.4. The predicted molar refractivity (Wildman–Crippen MR) is 129 cm³/mol. The number of nitro groups is 1. The quantitative estimate of drug-likeness (QED) is 0.190. The van der Waals surface area contributed by atoms with Crippen molar-refractivity contribution < 1.29 is 19.2 Å². The number of nitrogens with zero attached hydrogens (tertiary/aromatic N) is 2. The topological polar surface area (TPSA) is 139 Å². The lowest BCUT2D eigenvalue weighted by Crippen LogP contribution is -2.32. The molecule has 3 N–H and O–H groups in total. The lowest BCUT2D eigenvalue weighted by atomic mass is 10.2. The number of ether oxygens (including phenoxy) is 1. The van der Waals surface area contributed by atoms with Crippen LogP contribution in [0.1, 0.15) is 19.5 Å². The Morgan fingerprint density at radius 1 is 1.12 bits per heavy atom. The molecule has 1 heterocycles. The molecule has 2 aromatic carbocycles. The SMILES string of the molecule is CC(=N)/C(NC(=O)COC(=O)Cn1c(C)cc2ccccc21)=C(/C)Nc1ccccc1[N+](=O)[O-]. The van der Waals surface area contributed by atoms with Gasteiger partial charge in [0.25, 0.3) is 11.6 Å². The van der Waals surface area contributed by atoms with Crippen LogP contribution in [0.25, 0.3) is 10.9 Å². The summed E-state index contributed by atoms with van der Waals surface area (Å²) in [6, 6.07) is 15.7. The van der Waals surface area contributed by atoms with Gasteiger partial charge in [0.05, 0.1) is 16.3 Å². The average molecular weight is 463 g/mol. The number of para-hydroxylation sites is 3. The number of rotatable bonds is 9. The molecular formula is C24H25N5O5. The van der Waals surface area contributed by atoms with Crippen molar-refractivity contribution in [1.82, 2.24) is 9.88 Å². The molecule has 0 aliphatic carbocycles. The van der Waals surface area contributed by atoms with Gasteiger partial charge in [-0.15, -0.1) is 0 Å². The van der Waals surface area contributed by atoms with Gasteiger partial charge in [-0.1, -0.05) is 30.3 Å². The van der Waals surface area contributed by atoms with Gasteiger partial charge in [-0.2, -0.15) is 0 Å². The molecule has 1 aromatic heterocycles. The first-order valence-electron chi connectivity index (χ1n) is 10.4. The smallest absolute Gasteiger partial charge is 0.326 e. The minimum absolute atomic E-state index is 0.0256. The van der Waals surface area contributed by atoms with E-state index in [1.807, 2.05) is 41.8 Å². The third-order valence-electron chi connectivity index (χ3n) is 5.11. The number of benzene rings is 2. The minimum atomic E-state index is -0.632. The fourth-order valence-electron chi connectivity index (χ4n) is 3.53. The maximum absolute atomic E-state index is 12.4. The number of aryl methyl sites for hydroxylation is 1. The Balaban J connectivity index is 1.64. The first-order valence-corrected chi connectivity index (χ1v) is 10.4. The second-order valence-corrected chi connectivity index (χ2v) is 7.66. The zero-order chi connectivity index (χ0) is 24.8. The number of hydrogen-bond acceptors (Lipinski definition) is 7. The summed E-state index contributed by atoms with van der Waals surface area (Å²) in [7, 11) is 0. The van der Waals surface area contributed by atoms with Gasteiger partial charge in [0, 0.05) is 23.0 Å². The molecule has 0 unspecified atom stereocenters. The Morgan fingerprint density at radius 2 is 1.79 bits per heavy atom. The monoisotopic (exact) mass is 463 g/mol. The molecule has 176 valence electrons. The molecule has 1 amide bonds. The molecule has 0 saturated heterocycles. The molecule has 0 aliphatic heterocycles. The lowest BCUT2D eigenvalue weighted by molar-refractivity contribution is -0.383. The first-order chi connectivity index (χ1) is 16.2. The number of fused-ring (bicyclic) bond motifs is 1. The van der Waals surface area contributed by atoms with Gasteiger partial charge < -0.3 is 25.3 Å². The highest BCUT2D eigenvalue weighted by Crippen LogP contribution is 2.25. The fraction of sp³-hybridized carbons (Fsp3) is 0.208. The molecule has 10 heteroatoms. The van der Waals surface area contributed by atoms with E-state index in [1.54, 1.807) is 19.1 Å². The minimum Gasteiger partial charge on any atom is -0.454 e. The van der Waals surface area contributed by atoms with Crippen molar-refractivity contribution in [2.75, 3.05) is 11.9 Å². The van der Waals surface area contributed by atoms with Crippen LogP contribution in [-0.2, 0) is 20.9 Å². The van der Waals surface area contributed by atoms with E-state index in [0.717, 1.165) is 16.6 Å².